The van der Waals surface area contributed by atoms with Crippen molar-refractivity contribution in [2.24, 2.45) is 0 Å². The Morgan fingerprint density at radius 3 is 2.63 bits per heavy atom. The number of morpholine rings is 1. The third kappa shape index (κ3) is 5.20. The van der Waals surface area contributed by atoms with E-state index in [1.54, 1.807) is 21.9 Å². The van der Waals surface area contributed by atoms with Gasteiger partial charge in [-0.15, -0.1) is 0 Å². The molecule has 1 aliphatic rings. The van der Waals surface area contributed by atoms with Gasteiger partial charge in [0.2, 0.25) is 0 Å². The molecule has 1 fully saturated rings. The van der Waals surface area contributed by atoms with Gasteiger partial charge in [-0.1, -0.05) is 12.1 Å². The zero-order valence-electron chi connectivity index (χ0n) is 18.8. The summed E-state index contributed by atoms with van der Waals surface area (Å²) in [5.74, 6) is -0.329. The molecule has 1 atom stereocenters. The highest BCUT2D eigenvalue weighted by Crippen LogP contribution is 2.17. The predicted octanol–water partition coefficient (Wildman–Crippen LogP) is 3.55. The summed E-state index contributed by atoms with van der Waals surface area (Å²) in [5, 5.41) is 0. The van der Waals surface area contributed by atoms with Crippen molar-refractivity contribution in [3.8, 4) is 0 Å². The van der Waals surface area contributed by atoms with E-state index in [2.05, 4.69) is 9.97 Å². The average Bonchev–Trinajstić information content (AvgIpc) is 3.41. The number of amides is 2. The molecule has 178 valence electrons. The standard InChI is InChI=1S/C26H23FN4O4/c27-19-9-7-18(8-10-19)25(32)31(15-20-4-3-12-34-20)17-21-16-30(11-13-35-21)26(33)24-14-28-22-5-1-2-6-23(22)29-24/h1-10,12,14,21H,11,13,15-17H2/t21-/m0/s1. The molecule has 0 saturated carbocycles. The van der Waals surface area contributed by atoms with Gasteiger partial charge in [-0.2, -0.15) is 0 Å². The van der Waals surface area contributed by atoms with E-state index in [4.69, 9.17) is 9.15 Å². The monoisotopic (exact) mass is 474 g/mol. The Balaban J connectivity index is 1.31. The molecule has 9 heteroatoms. The predicted molar refractivity (Wildman–Crippen MR) is 125 cm³/mol. The Morgan fingerprint density at radius 1 is 1.06 bits per heavy atom. The van der Waals surface area contributed by atoms with Crippen LogP contribution in [0.5, 0.6) is 0 Å². The van der Waals surface area contributed by atoms with E-state index in [-0.39, 0.29) is 30.6 Å². The van der Waals surface area contributed by atoms with Crippen LogP contribution in [0.2, 0.25) is 0 Å². The van der Waals surface area contributed by atoms with E-state index in [1.165, 1.54) is 36.7 Å². The molecule has 0 aliphatic carbocycles. The number of nitrogens with zero attached hydrogens (tertiary/aromatic N) is 4. The first-order chi connectivity index (χ1) is 17.1. The zero-order chi connectivity index (χ0) is 24.2. The molecular formula is C26H23FN4O4. The molecule has 1 aliphatic heterocycles. The van der Waals surface area contributed by atoms with Crippen molar-refractivity contribution in [1.29, 1.82) is 0 Å². The van der Waals surface area contributed by atoms with Crippen LogP contribution in [0.4, 0.5) is 4.39 Å². The number of furan rings is 1. The zero-order valence-corrected chi connectivity index (χ0v) is 18.8. The highest BCUT2D eigenvalue weighted by molar-refractivity contribution is 5.94. The van der Waals surface area contributed by atoms with Crippen molar-refractivity contribution in [1.82, 2.24) is 19.8 Å². The number of ether oxygens (including phenoxy) is 1. The first kappa shape index (κ1) is 22.7. The van der Waals surface area contributed by atoms with Crippen LogP contribution in [0, 0.1) is 5.82 Å². The molecule has 4 aromatic rings. The van der Waals surface area contributed by atoms with Crippen molar-refractivity contribution in [2.45, 2.75) is 12.6 Å². The summed E-state index contributed by atoms with van der Waals surface area (Å²) >= 11 is 0. The Bertz CT molecular complexity index is 1330. The second-order valence-electron chi connectivity index (χ2n) is 8.26. The summed E-state index contributed by atoms with van der Waals surface area (Å²) in [6.07, 6.45) is 2.61. The van der Waals surface area contributed by atoms with E-state index >= 15 is 0 Å². The van der Waals surface area contributed by atoms with E-state index in [1.807, 2.05) is 24.3 Å². The highest BCUT2D eigenvalue weighted by atomic mass is 19.1. The van der Waals surface area contributed by atoms with Crippen LogP contribution in [-0.2, 0) is 11.3 Å². The number of aromatic nitrogens is 2. The third-order valence-electron chi connectivity index (χ3n) is 5.82. The van der Waals surface area contributed by atoms with Crippen LogP contribution < -0.4 is 0 Å². The summed E-state index contributed by atoms with van der Waals surface area (Å²) in [5.41, 5.74) is 1.99. The number of hydrogen-bond donors (Lipinski definition) is 0. The largest absolute Gasteiger partial charge is 0.467 e. The maximum atomic E-state index is 13.4. The molecular weight excluding hydrogens is 451 g/mol. The number of para-hydroxylation sites is 2. The van der Waals surface area contributed by atoms with Crippen LogP contribution in [0.1, 0.15) is 26.6 Å². The van der Waals surface area contributed by atoms with Gasteiger partial charge in [-0.05, 0) is 48.5 Å². The quantitative estimate of drug-likeness (QED) is 0.425. The van der Waals surface area contributed by atoms with E-state index in [9.17, 15) is 14.0 Å². The summed E-state index contributed by atoms with van der Waals surface area (Å²) < 4.78 is 24.7. The van der Waals surface area contributed by atoms with Crippen molar-refractivity contribution in [2.75, 3.05) is 26.2 Å². The number of hydrogen-bond acceptors (Lipinski definition) is 6. The summed E-state index contributed by atoms with van der Waals surface area (Å²) in [7, 11) is 0. The summed E-state index contributed by atoms with van der Waals surface area (Å²) in [6.45, 7) is 1.47. The fraction of sp³-hybridized carbons (Fsp3) is 0.231. The lowest BCUT2D eigenvalue weighted by molar-refractivity contribution is -0.0345. The fourth-order valence-electron chi connectivity index (χ4n) is 4.07. The van der Waals surface area contributed by atoms with Crippen LogP contribution >= 0.6 is 0 Å². The lowest BCUT2D eigenvalue weighted by Crippen LogP contribution is -2.50. The third-order valence-corrected chi connectivity index (χ3v) is 5.82. The van der Waals surface area contributed by atoms with E-state index in [0.717, 1.165) is 5.52 Å². The molecule has 5 rings (SSSR count). The smallest absolute Gasteiger partial charge is 0.274 e. The lowest BCUT2D eigenvalue weighted by atomic mass is 10.1. The summed E-state index contributed by atoms with van der Waals surface area (Å²) in [6, 6.07) is 16.3. The first-order valence-electron chi connectivity index (χ1n) is 11.3. The van der Waals surface area contributed by atoms with Crippen molar-refractivity contribution in [3.63, 3.8) is 0 Å². The number of fused-ring (bicyclic) bond motifs is 1. The normalized spacial score (nSPS) is 15.8. The molecule has 2 aromatic carbocycles. The van der Waals surface area contributed by atoms with E-state index < -0.39 is 11.9 Å². The molecule has 35 heavy (non-hydrogen) atoms. The minimum atomic E-state index is -0.416. The minimum absolute atomic E-state index is 0.215. The van der Waals surface area contributed by atoms with Gasteiger partial charge in [-0.3, -0.25) is 14.6 Å². The fourth-order valence-corrected chi connectivity index (χ4v) is 4.07. The number of benzene rings is 2. The molecule has 3 heterocycles. The van der Waals surface area contributed by atoms with Crippen LogP contribution in [0.3, 0.4) is 0 Å². The van der Waals surface area contributed by atoms with Crippen LogP contribution in [0.25, 0.3) is 11.0 Å². The number of halogens is 1. The highest BCUT2D eigenvalue weighted by Gasteiger charge is 2.29. The maximum absolute atomic E-state index is 13.4. The molecule has 8 nitrogen and oxygen atoms in total. The number of carbonyl (C=O) groups excluding carboxylic acids is 2. The number of rotatable bonds is 6. The van der Waals surface area contributed by atoms with E-state index in [0.29, 0.717) is 36.5 Å². The van der Waals surface area contributed by atoms with Gasteiger partial charge in [0, 0.05) is 25.2 Å². The molecule has 2 amide bonds. The minimum Gasteiger partial charge on any atom is -0.467 e. The SMILES string of the molecule is O=C(c1ccc(F)cc1)N(Cc1ccco1)C[C@@H]1CN(C(=O)c2cnc3ccccc3n2)CCO1. The molecule has 0 radical (unpaired) electrons. The van der Waals surface area contributed by atoms with Crippen molar-refractivity contribution < 1.29 is 23.1 Å². The lowest BCUT2D eigenvalue weighted by Gasteiger charge is -2.35. The second-order valence-corrected chi connectivity index (χ2v) is 8.26. The second kappa shape index (κ2) is 10.0. The van der Waals surface area contributed by atoms with Gasteiger partial charge in [0.05, 0.1) is 42.7 Å². The molecule has 0 bridgehead atoms. The van der Waals surface area contributed by atoms with Gasteiger partial charge >= 0.3 is 0 Å². The molecule has 1 saturated heterocycles. The molecule has 2 aromatic heterocycles. The average molecular weight is 474 g/mol. The first-order valence-corrected chi connectivity index (χ1v) is 11.3. The Hall–Kier alpha value is -4.11. The Labute approximate surface area is 200 Å². The van der Waals surface area contributed by atoms with Crippen molar-refractivity contribution in [3.05, 3.63) is 96.0 Å². The Kier molecular flexibility index (Phi) is 6.49. The van der Waals surface area contributed by atoms with Gasteiger partial charge in [0.15, 0.2) is 0 Å². The van der Waals surface area contributed by atoms with Crippen molar-refractivity contribution >= 4 is 22.8 Å². The number of carbonyl (C=O) groups is 2. The molecule has 0 N–H and O–H groups in total. The van der Waals surface area contributed by atoms with Crippen LogP contribution in [-0.4, -0.2) is 63.9 Å². The van der Waals surface area contributed by atoms with Crippen LogP contribution in [0.15, 0.2) is 77.5 Å². The molecule has 0 spiro atoms. The van der Waals surface area contributed by atoms with Gasteiger partial charge < -0.3 is 19.0 Å². The van der Waals surface area contributed by atoms with Gasteiger partial charge in [0.1, 0.15) is 17.3 Å². The van der Waals surface area contributed by atoms with Gasteiger partial charge in [0.25, 0.3) is 11.8 Å². The summed E-state index contributed by atoms with van der Waals surface area (Å²) in [4.78, 5) is 38.4. The maximum Gasteiger partial charge on any atom is 0.274 e. The van der Waals surface area contributed by atoms with Gasteiger partial charge in [-0.25, -0.2) is 9.37 Å². The Morgan fingerprint density at radius 2 is 1.86 bits per heavy atom. The topological polar surface area (TPSA) is 88.8 Å². The molecule has 0 unspecified atom stereocenters.